The van der Waals surface area contributed by atoms with Gasteiger partial charge in [-0.3, -0.25) is 4.79 Å². The molecule has 0 aliphatic carbocycles. The third-order valence-corrected chi connectivity index (χ3v) is 6.43. The zero-order chi connectivity index (χ0) is 19.0. The van der Waals surface area contributed by atoms with Crippen LogP contribution < -0.4 is 10.9 Å². The maximum absolute atomic E-state index is 12.7. The smallest absolute Gasteiger partial charge is 0.282 e. The maximum atomic E-state index is 12.7. The van der Waals surface area contributed by atoms with Crippen molar-refractivity contribution in [1.29, 1.82) is 0 Å². The molecule has 3 aromatic heterocycles. The van der Waals surface area contributed by atoms with Gasteiger partial charge in [0.05, 0.1) is 16.5 Å². The van der Waals surface area contributed by atoms with Crippen LogP contribution in [0.3, 0.4) is 0 Å². The lowest BCUT2D eigenvalue weighted by Gasteiger charge is -2.00. The van der Waals surface area contributed by atoms with Gasteiger partial charge in [0.1, 0.15) is 11.2 Å². The van der Waals surface area contributed by atoms with Crippen molar-refractivity contribution in [2.24, 2.45) is 5.10 Å². The summed E-state index contributed by atoms with van der Waals surface area (Å²) in [6.45, 7) is 3.90. The maximum Gasteiger partial charge on any atom is 0.282 e. The Hall–Kier alpha value is -2.55. The fourth-order valence-corrected chi connectivity index (χ4v) is 4.54. The van der Waals surface area contributed by atoms with Crippen LogP contribution in [0, 0.1) is 13.8 Å². The summed E-state index contributed by atoms with van der Waals surface area (Å²) in [5.74, 6) is 0. The monoisotopic (exact) mass is 415 g/mol. The van der Waals surface area contributed by atoms with Crippen LogP contribution in [0.2, 0.25) is 5.15 Å². The number of thiazole rings is 1. The SMILES string of the molecule is Cc1sc2ncn(N=Cc3sc(Nc4ccccc4)nc3Cl)c(=O)c2c1C. The standard InChI is InChI=1S/C18H14ClN5OS2/c1-10-11(2)26-16-14(10)17(25)24(9-20-16)21-8-13-15(19)23-18(27-13)22-12-6-4-3-5-7-12/h3-9H,1-2H3,(H,22,23). The molecule has 4 aromatic rings. The van der Waals surface area contributed by atoms with Crippen molar-refractivity contribution in [3.8, 4) is 0 Å². The van der Waals surface area contributed by atoms with Gasteiger partial charge in [0, 0.05) is 10.6 Å². The fraction of sp³-hybridized carbons (Fsp3) is 0.111. The summed E-state index contributed by atoms with van der Waals surface area (Å²) in [7, 11) is 0. The van der Waals surface area contributed by atoms with Crippen LogP contribution in [0.25, 0.3) is 10.2 Å². The number of aromatic nitrogens is 3. The van der Waals surface area contributed by atoms with Crippen molar-refractivity contribution in [3.63, 3.8) is 0 Å². The normalized spacial score (nSPS) is 11.5. The van der Waals surface area contributed by atoms with E-state index in [4.69, 9.17) is 11.6 Å². The Morgan fingerprint density at radius 2 is 2.00 bits per heavy atom. The number of hydrogen-bond donors (Lipinski definition) is 1. The van der Waals surface area contributed by atoms with Crippen molar-refractivity contribution in [3.05, 3.63) is 67.5 Å². The summed E-state index contributed by atoms with van der Waals surface area (Å²) in [6.07, 6.45) is 2.95. The molecule has 0 fully saturated rings. The molecule has 0 saturated carbocycles. The van der Waals surface area contributed by atoms with Crippen LogP contribution in [0.5, 0.6) is 0 Å². The largest absolute Gasteiger partial charge is 0.331 e. The highest BCUT2D eigenvalue weighted by Crippen LogP contribution is 2.28. The van der Waals surface area contributed by atoms with Gasteiger partial charge in [-0.25, -0.2) is 9.97 Å². The Morgan fingerprint density at radius 3 is 2.78 bits per heavy atom. The Morgan fingerprint density at radius 1 is 1.22 bits per heavy atom. The number of halogens is 1. The number of nitrogens with zero attached hydrogens (tertiary/aromatic N) is 4. The Balaban J connectivity index is 1.64. The summed E-state index contributed by atoms with van der Waals surface area (Å²) in [5.41, 5.74) is 1.67. The zero-order valence-corrected chi connectivity index (χ0v) is 16.8. The van der Waals surface area contributed by atoms with E-state index in [-0.39, 0.29) is 5.56 Å². The molecule has 0 amide bonds. The molecule has 3 heterocycles. The molecule has 0 aliphatic heterocycles. The van der Waals surface area contributed by atoms with Crippen molar-refractivity contribution < 1.29 is 0 Å². The van der Waals surface area contributed by atoms with Crippen molar-refractivity contribution >= 4 is 61.5 Å². The number of para-hydroxylation sites is 1. The van der Waals surface area contributed by atoms with E-state index < -0.39 is 0 Å². The average Bonchev–Trinajstić information content (AvgIpc) is 3.15. The molecule has 0 atom stereocenters. The number of nitrogens with one attached hydrogen (secondary N) is 1. The Labute approximate surface area is 167 Å². The van der Waals surface area contributed by atoms with E-state index >= 15 is 0 Å². The van der Waals surface area contributed by atoms with Crippen molar-refractivity contribution in [2.45, 2.75) is 13.8 Å². The highest BCUT2D eigenvalue weighted by Gasteiger charge is 2.12. The van der Waals surface area contributed by atoms with E-state index in [1.165, 1.54) is 39.9 Å². The first-order valence-corrected chi connectivity index (χ1v) is 10.0. The number of aryl methyl sites for hydroxylation is 2. The van der Waals surface area contributed by atoms with Gasteiger partial charge >= 0.3 is 0 Å². The second-order valence-corrected chi connectivity index (χ2v) is 8.36. The molecule has 9 heteroatoms. The minimum absolute atomic E-state index is 0.193. The highest BCUT2D eigenvalue weighted by molar-refractivity contribution is 7.18. The van der Waals surface area contributed by atoms with E-state index in [9.17, 15) is 4.79 Å². The summed E-state index contributed by atoms with van der Waals surface area (Å²) in [5, 5.41) is 9.01. The van der Waals surface area contributed by atoms with E-state index in [1.807, 2.05) is 44.2 Å². The topological polar surface area (TPSA) is 72.2 Å². The van der Waals surface area contributed by atoms with Gasteiger partial charge in [0.15, 0.2) is 10.3 Å². The Kier molecular flexibility index (Phi) is 4.77. The molecule has 1 N–H and O–H groups in total. The average molecular weight is 416 g/mol. The van der Waals surface area contributed by atoms with Gasteiger partial charge in [-0.15, -0.1) is 11.3 Å². The lowest BCUT2D eigenvalue weighted by Crippen LogP contribution is -2.16. The number of anilines is 2. The first-order valence-electron chi connectivity index (χ1n) is 8.03. The Bertz CT molecular complexity index is 1210. The molecular weight excluding hydrogens is 402 g/mol. The predicted molar refractivity (Wildman–Crippen MR) is 113 cm³/mol. The van der Waals surface area contributed by atoms with E-state index in [1.54, 1.807) is 0 Å². The lowest BCUT2D eigenvalue weighted by atomic mass is 10.2. The first kappa shape index (κ1) is 17.8. The minimum atomic E-state index is -0.193. The molecule has 27 heavy (non-hydrogen) atoms. The second kappa shape index (κ2) is 7.22. The van der Waals surface area contributed by atoms with E-state index in [0.717, 1.165) is 21.0 Å². The number of fused-ring (bicyclic) bond motifs is 1. The van der Waals surface area contributed by atoms with Crippen LogP contribution >= 0.6 is 34.3 Å². The molecule has 136 valence electrons. The lowest BCUT2D eigenvalue weighted by molar-refractivity contribution is 0.818. The number of thiophene rings is 1. The van der Waals surface area contributed by atoms with Crippen molar-refractivity contribution in [2.75, 3.05) is 5.32 Å². The van der Waals surface area contributed by atoms with Gasteiger partial charge in [0.25, 0.3) is 5.56 Å². The van der Waals surface area contributed by atoms with Crippen molar-refractivity contribution in [1.82, 2.24) is 14.6 Å². The number of rotatable bonds is 4. The third kappa shape index (κ3) is 3.51. The fourth-order valence-electron chi connectivity index (χ4n) is 2.51. The van der Waals surface area contributed by atoms with Crippen LogP contribution in [-0.2, 0) is 0 Å². The molecule has 1 aromatic carbocycles. The molecule has 6 nitrogen and oxygen atoms in total. The van der Waals surface area contributed by atoms with Crippen LogP contribution in [0.15, 0.2) is 46.6 Å². The van der Waals surface area contributed by atoms with E-state index in [2.05, 4.69) is 20.4 Å². The molecule has 0 saturated heterocycles. The van der Waals surface area contributed by atoms with Gasteiger partial charge in [-0.2, -0.15) is 9.78 Å². The molecule has 0 radical (unpaired) electrons. The molecule has 0 unspecified atom stereocenters. The molecule has 0 spiro atoms. The quantitative estimate of drug-likeness (QED) is 0.485. The summed E-state index contributed by atoms with van der Waals surface area (Å²) in [4.78, 5) is 23.8. The van der Waals surface area contributed by atoms with Crippen LogP contribution in [0.4, 0.5) is 10.8 Å². The van der Waals surface area contributed by atoms with E-state index in [0.29, 0.717) is 20.5 Å². The van der Waals surface area contributed by atoms with Gasteiger partial charge in [0.2, 0.25) is 0 Å². The summed E-state index contributed by atoms with van der Waals surface area (Å²) >= 11 is 9.07. The second-order valence-electron chi connectivity index (χ2n) is 5.77. The number of hydrogen-bond acceptors (Lipinski definition) is 7. The molecule has 0 aliphatic rings. The van der Waals surface area contributed by atoms with Gasteiger partial charge in [-0.05, 0) is 31.5 Å². The molecule has 0 bridgehead atoms. The summed E-state index contributed by atoms with van der Waals surface area (Å²) in [6, 6.07) is 9.69. The first-order chi connectivity index (χ1) is 13.0. The minimum Gasteiger partial charge on any atom is -0.331 e. The zero-order valence-electron chi connectivity index (χ0n) is 14.4. The predicted octanol–water partition coefficient (Wildman–Crippen LogP) is 4.81. The third-order valence-electron chi connectivity index (χ3n) is 4.01. The highest BCUT2D eigenvalue weighted by atomic mass is 35.5. The number of benzene rings is 1. The summed E-state index contributed by atoms with van der Waals surface area (Å²) < 4.78 is 1.22. The van der Waals surface area contributed by atoms with Crippen LogP contribution in [0.1, 0.15) is 15.3 Å². The van der Waals surface area contributed by atoms with Crippen LogP contribution in [-0.4, -0.2) is 20.9 Å². The molecule has 4 rings (SSSR count). The molecular formula is C18H14ClN5OS2. The van der Waals surface area contributed by atoms with Gasteiger partial charge in [-0.1, -0.05) is 41.1 Å². The van der Waals surface area contributed by atoms with Gasteiger partial charge < -0.3 is 5.32 Å².